The molecule has 46 heavy (non-hydrogen) atoms. The maximum absolute atomic E-state index is 5.24. The fraction of sp³-hybridized carbons (Fsp3) is 0.0476. The van der Waals surface area contributed by atoms with Crippen LogP contribution in [0.1, 0.15) is 5.69 Å². The second-order valence-electron chi connectivity index (χ2n) is 11.9. The molecule has 2 aromatic carbocycles. The van der Waals surface area contributed by atoms with Crippen LogP contribution >= 0.6 is 0 Å². The molecule has 0 bridgehead atoms. The zero-order chi connectivity index (χ0) is 30.5. The number of aromatic nitrogens is 4. The standard InChI is InChI=1S/C42H28N4/c1-3-24-43-36(8-1)27-10-12-29(13-11-27)38-26-39(46-42(45-38)33-18-14-28(15-19-33)37-9-2-4-25-44-37)34-22-20-32-17-16-30-6-5-7-31-21-23-35(34)41(32)40(30)31/h1-26,40-41H. The normalized spacial score (nSPS) is 18.9. The molecule has 0 fully saturated rings. The number of benzene rings is 2. The molecule has 0 radical (unpaired) electrons. The van der Waals surface area contributed by atoms with E-state index < -0.39 is 0 Å². The van der Waals surface area contributed by atoms with E-state index in [4.69, 9.17) is 9.97 Å². The highest BCUT2D eigenvalue weighted by Gasteiger charge is 2.38. The zero-order valence-corrected chi connectivity index (χ0v) is 25.0. The fourth-order valence-corrected chi connectivity index (χ4v) is 6.97. The van der Waals surface area contributed by atoms with Crippen LogP contribution in [0.3, 0.4) is 0 Å². The summed E-state index contributed by atoms with van der Waals surface area (Å²) in [5.74, 6) is 1.31. The lowest BCUT2D eigenvalue weighted by atomic mass is 9.63. The third-order valence-electron chi connectivity index (χ3n) is 9.25. The molecule has 0 saturated carbocycles. The van der Waals surface area contributed by atoms with Crippen LogP contribution in [0.15, 0.2) is 180 Å². The highest BCUT2D eigenvalue weighted by molar-refractivity contribution is 5.85. The Balaban J connectivity index is 1.18. The van der Waals surface area contributed by atoms with E-state index in [1.165, 1.54) is 22.3 Å². The minimum absolute atomic E-state index is 0.276. The van der Waals surface area contributed by atoms with Crippen molar-refractivity contribution in [1.29, 1.82) is 0 Å². The number of nitrogens with zero attached hydrogens (tertiary/aromatic N) is 4. The van der Waals surface area contributed by atoms with E-state index in [9.17, 15) is 0 Å². The molecule has 0 saturated heterocycles. The first-order chi connectivity index (χ1) is 22.8. The van der Waals surface area contributed by atoms with Crippen molar-refractivity contribution in [2.45, 2.75) is 0 Å². The molecule has 4 nitrogen and oxygen atoms in total. The van der Waals surface area contributed by atoms with Crippen LogP contribution in [-0.4, -0.2) is 19.9 Å². The Morgan fingerprint density at radius 3 is 1.65 bits per heavy atom. The summed E-state index contributed by atoms with van der Waals surface area (Å²) in [6.07, 6.45) is 24.0. The molecule has 2 atom stereocenters. The number of allylic oxidation sites excluding steroid dienone is 14. The van der Waals surface area contributed by atoms with Crippen LogP contribution in [0.2, 0.25) is 0 Å². The summed E-state index contributed by atoms with van der Waals surface area (Å²) in [6.45, 7) is 0. The highest BCUT2D eigenvalue weighted by Crippen LogP contribution is 2.50. The first kappa shape index (κ1) is 26.4. The Morgan fingerprint density at radius 2 is 1.00 bits per heavy atom. The Bertz CT molecular complexity index is 2110. The van der Waals surface area contributed by atoms with E-state index in [0.29, 0.717) is 11.7 Å². The van der Waals surface area contributed by atoms with E-state index >= 15 is 0 Å². The summed E-state index contributed by atoms with van der Waals surface area (Å²) in [5, 5.41) is 0. The van der Waals surface area contributed by atoms with Crippen molar-refractivity contribution >= 4 is 5.57 Å². The molecular formula is C42H28N4. The predicted molar refractivity (Wildman–Crippen MR) is 185 cm³/mol. The first-order valence-corrected chi connectivity index (χ1v) is 15.6. The third-order valence-corrected chi connectivity index (χ3v) is 9.25. The number of hydrogen-bond acceptors (Lipinski definition) is 4. The van der Waals surface area contributed by atoms with Gasteiger partial charge in [-0.2, -0.15) is 0 Å². The van der Waals surface area contributed by atoms with Gasteiger partial charge >= 0.3 is 0 Å². The average molecular weight is 589 g/mol. The maximum atomic E-state index is 5.24. The van der Waals surface area contributed by atoms with Crippen LogP contribution in [0.25, 0.3) is 50.7 Å². The molecule has 3 heterocycles. The molecule has 3 aromatic heterocycles. The van der Waals surface area contributed by atoms with Gasteiger partial charge < -0.3 is 0 Å². The monoisotopic (exact) mass is 588 g/mol. The van der Waals surface area contributed by atoms with Crippen LogP contribution < -0.4 is 0 Å². The molecule has 0 N–H and O–H groups in total. The van der Waals surface area contributed by atoms with E-state index in [1.807, 2.05) is 48.8 Å². The molecule has 5 aromatic rings. The van der Waals surface area contributed by atoms with Gasteiger partial charge in [0.05, 0.1) is 22.8 Å². The lowest BCUT2D eigenvalue weighted by Crippen LogP contribution is -2.29. The summed E-state index contributed by atoms with van der Waals surface area (Å²) in [6, 6.07) is 31.0. The Morgan fingerprint density at radius 1 is 0.435 bits per heavy atom. The molecule has 216 valence electrons. The first-order valence-electron chi connectivity index (χ1n) is 15.6. The van der Waals surface area contributed by atoms with Gasteiger partial charge in [0.25, 0.3) is 0 Å². The van der Waals surface area contributed by atoms with Crippen molar-refractivity contribution in [1.82, 2.24) is 19.9 Å². The summed E-state index contributed by atoms with van der Waals surface area (Å²) in [5.41, 5.74) is 14.4. The Kier molecular flexibility index (Phi) is 6.24. The van der Waals surface area contributed by atoms with Crippen LogP contribution in [0.5, 0.6) is 0 Å². The highest BCUT2D eigenvalue weighted by atomic mass is 14.9. The second kappa shape index (κ2) is 10.9. The number of hydrogen-bond donors (Lipinski definition) is 0. The van der Waals surface area contributed by atoms with Crippen LogP contribution in [0.4, 0.5) is 0 Å². The van der Waals surface area contributed by atoms with E-state index in [1.54, 1.807) is 0 Å². The number of rotatable bonds is 5. The molecule has 0 spiro atoms. The molecule has 0 aliphatic heterocycles. The summed E-state index contributed by atoms with van der Waals surface area (Å²) in [7, 11) is 0. The van der Waals surface area contributed by atoms with E-state index in [-0.39, 0.29) is 5.92 Å². The van der Waals surface area contributed by atoms with Crippen LogP contribution in [0, 0.1) is 11.8 Å². The van der Waals surface area contributed by atoms with Crippen molar-refractivity contribution in [3.05, 3.63) is 186 Å². The van der Waals surface area contributed by atoms with Gasteiger partial charge in [0, 0.05) is 52.1 Å². The molecule has 4 aliphatic rings. The van der Waals surface area contributed by atoms with Gasteiger partial charge in [-0.1, -0.05) is 115 Å². The molecule has 2 unspecified atom stereocenters. The summed E-state index contributed by atoms with van der Waals surface area (Å²) >= 11 is 0. The second-order valence-corrected chi connectivity index (χ2v) is 11.9. The van der Waals surface area contributed by atoms with Crippen molar-refractivity contribution in [3.8, 4) is 45.2 Å². The fourth-order valence-electron chi connectivity index (χ4n) is 6.97. The van der Waals surface area contributed by atoms with Crippen molar-refractivity contribution < 1.29 is 0 Å². The summed E-state index contributed by atoms with van der Waals surface area (Å²) < 4.78 is 0. The van der Waals surface area contributed by atoms with Gasteiger partial charge in [0.15, 0.2) is 5.82 Å². The van der Waals surface area contributed by atoms with Gasteiger partial charge in [0.1, 0.15) is 0 Å². The SMILES string of the molecule is C1=CC2=CC=C3C=CC(c4cc(-c5ccc(-c6ccccn6)cc5)nc(-c5ccc(-c6ccccn6)cc5)n4)=C4C=CC(=C1)C2C34. The van der Waals surface area contributed by atoms with Crippen molar-refractivity contribution in [3.63, 3.8) is 0 Å². The van der Waals surface area contributed by atoms with Gasteiger partial charge in [-0.15, -0.1) is 0 Å². The molecule has 0 amide bonds. The van der Waals surface area contributed by atoms with Gasteiger partial charge in [-0.05, 0) is 52.6 Å². The van der Waals surface area contributed by atoms with Gasteiger partial charge in [0.2, 0.25) is 0 Å². The molecule has 9 rings (SSSR count). The molecule has 4 heteroatoms. The van der Waals surface area contributed by atoms with Gasteiger partial charge in [-0.3, -0.25) is 9.97 Å². The van der Waals surface area contributed by atoms with Crippen LogP contribution in [-0.2, 0) is 0 Å². The van der Waals surface area contributed by atoms with Gasteiger partial charge in [-0.25, -0.2) is 9.97 Å². The smallest absolute Gasteiger partial charge is 0.160 e. The topological polar surface area (TPSA) is 51.6 Å². The average Bonchev–Trinajstić information content (AvgIpc) is 3.14. The number of pyridine rings is 2. The van der Waals surface area contributed by atoms with E-state index in [0.717, 1.165) is 50.6 Å². The quantitative estimate of drug-likeness (QED) is 0.205. The minimum atomic E-state index is 0.276. The minimum Gasteiger partial charge on any atom is -0.256 e. The van der Waals surface area contributed by atoms with Crippen molar-refractivity contribution in [2.75, 3.05) is 0 Å². The largest absolute Gasteiger partial charge is 0.256 e. The third kappa shape index (κ3) is 4.54. The van der Waals surface area contributed by atoms with Crippen molar-refractivity contribution in [2.24, 2.45) is 11.8 Å². The Hall–Kier alpha value is -6.00. The lowest BCUT2D eigenvalue weighted by molar-refractivity contribution is 0.566. The molecule has 4 aliphatic carbocycles. The summed E-state index contributed by atoms with van der Waals surface area (Å²) in [4.78, 5) is 19.4. The predicted octanol–water partition coefficient (Wildman–Crippen LogP) is 9.42. The molecular weight excluding hydrogens is 560 g/mol. The maximum Gasteiger partial charge on any atom is 0.160 e. The Labute approximate surface area is 268 Å². The zero-order valence-electron chi connectivity index (χ0n) is 25.0. The lowest BCUT2D eigenvalue weighted by Gasteiger charge is -2.40. The van der Waals surface area contributed by atoms with E-state index in [2.05, 4.69) is 119 Å².